The van der Waals surface area contributed by atoms with Gasteiger partial charge in [0.1, 0.15) is 12.7 Å². The molecular formula is C18H21N7O2S. The van der Waals surface area contributed by atoms with Crippen LogP contribution < -0.4 is 4.90 Å². The Labute approximate surface area is 163 Å². The van der Waals surface area contributed by atoms with Crippen molar-refractivity contribution < 1.29 is 8.42 Å². The number of aryl methyl sites for hydroxylation is 1. The molecule has 0 amide bonds. The second kappa shape index (κ2) is 8.03. The van der Waals surface area contributed by atoms with Gasteiger partial charge in [0, 0.05) is 26.2 Å². The van der Waals surface area contributed by atoms with E-state index in [4.69, 9.17) is 0 Å². The molecule has 0 bridgehead atoms. The molecule has 0 aliphatic carbocycles. The third-order valence-electron chi connectivity index (χ3n) is 4.74. The molecule has 0 atom stereocenters. The minimum atomic E-state index is -3.27. The van der Waals surface area contributed by atoms with Gasteiger partial charge in [-0.3, -0.25) is 0 Å². The highest BCUT2D eigenvalue weighted by molar-refractivity contribution is 7.89. The van der Waals surface area contributed by atoms with Crippen molar-refractivity contribution in [1.82, 2.24) is 29.3 Å². The summed E-state index contributed by atoms with van der Waals surface area (Å²) >= 11 is 0. The zero-order valence-electron chi connectivity index (χ0n) is 15.3. The molecule has 0 N–H and O–H groups in total. The van der Waals surface area contributed by atoms with Crippen LogP contribution in [0.4, 0.5) is 5.82 Å². The van der Waals surface area contributed by atoms with Crippen LogP contribution in [-0.4, -0.2) is 69.6 Å². The fourth-order valence-electron chi connectivity index (χ4n) is 3.15. The maximum Gasteiger partial charge on any atom is 0.214 e. The van der Waals surface area contributed by atoms with E-state index in [0.717, 1.165) is 11.4 Å². The van der Waals surface area contributed by atoms with Gasteiger partial charge in [0.15, 0.2) is 11.6 Å². The van der Waals surface area contributed by atoms with Gasteiger partial charge >= 0.3 is 0 Å². The molecule has 0 unspecified atom stereocenters. The molecule has 3 aromatic rings. The van der Waals surface area contributed by atoms with E-state index in [2.05, 4.69) is 20.3 Å². The lowest BCUT2D eigenvalue weighted by atomic mass is 10.2. The molecule has 3 heterocycles. The van der Waals surface area contributed by atoms with E-state index in [1.807, 2.05) is 47.4 Å². The monoisotopic (exact) mass is 399 g/mol. The number of anilines is 1. The molecule has 0 saturated carbocycles. The van der Waals surface area contributed by atoms with Crippen LogP contribution in [-0.2, 0) is 16.4 Å². The first-order valence-electron chi connectivity index (χ1n) is 9.07. The van der Waals surface area contributed by atoms with Gasteiger partial charge in [-0.05, 0) is 24.1 Å². The maximum atomic E-state index is 12.6. The molecule has 1 aliphatic heterocycles. The topological polar surface area (TPSA) is 97.1 Å². The summed E-state index contributed by atoms with van der Waals surface area (Å²) < 4.78 is 28.4. The smallest absolute Gasteiger partial charge is 0.214 e. The molecular weight excluding hydrogens is 378 g/mol. The fourth-order valence-corrected chi connectivity index (χ4v) is 4.62. The summed E-state index contributed by atoms with van der Waals surface area (Å²) in [4.78, 5) is 5.93. The van der Waals surface area contributed by atoms with Crippen molar-refractivity contribution in [3.8, 4) is 5.82 Å². The van der Waals surface area contributed by atoms with E-state index in [1.165, 1.54) is 11.0 Å². The van der Waals surface area contributed by atoms with Crippen LogP contribution in [0.5, 0.6) is 0 Å². The first-order valence-corrected chi connectivity index (χ1v) is 10.7. The van der Waals surface area contributed by atoms with E-state index in [0.29, 0.717) is 38.4 Å². The number of benzene rings is 1. The van der Waals surface area contributed by atoms with Crippen LogP contribution in [0.15, 0.2) is 55.1 Å². The van der Waals surface area contributed by atoms with Gasteiger partial charge in [0.2, 0.25) is 10.0 Å². The predicted molar refractivity (Wildman–Crippen MR) is 105 cm³/mol. The first-order chi connectivity index (χ1) is 13.6. The Balaban J connectivity index is 1.33. The summed E-state index contributed by atoms with van der Waals surface area (Å²) in [5.41, 5.74) is 1.03. The molecule has 1 aliphatic rings. The number of nitrogens with zero attached hydrogens (tertiary/aromatic N) is 7. The quantitative estimate of drug-likeness (QED) is 0.603. The maximum absolute atomic E-state index is 12.6. The highest BCUT2D eigenvalue weighted by Gasteiger charge is 2.27. The van der Waals surface area contributed by atoms with Gasteiger partial charge in [0.05, 0.1) is 5.75 Å². The van der Waals surface area contributed by atoms with Gasteiger partial charge in [-0.2, -0.15) is 9.40 Å². The highest BCUT2D eigenvalue weighted by atomic mass is 32.2. The lowest BCUT2D eigenvalue weighted by Gasteiger charge is -2.34. The summed E-state index contributed by atoms with van der Waals surface area (Å²) in [6.07, 6.45) is 3.52. The average Bonchev–Trinajstić information content (AvgIpc) is 3.28. The number of hydrogen-bond acceptors (Lipinski definition) is 7. The lowest BCUT2D eigenvalue weighted by Crippen LogP contribution is -2.49. The van der Waals surface area contributed by atoms with E-state index < -0.39 is 10.0 Å². The summed E-state index contributed by atoms with van der Waals surface area (Å²) in [6, 6.07) is 13.4. The Morgan fingerprint density at radius 2 is 1.61 bits per heavy atom. The van der Waals surface area contributed by atoms with E-state index in [1.54, 1.807) is 10.6 Å². The minimum absolute atomic E-state index is 0.128. The van der Waals surface area contributed by atoms with Crippen molar-refractivity contribution in [2.75, 3.05) is 36.8 Å². The molecule has 146 valence electrons. The normalized spacial score (nSPS) is 15.6. The summed E-state index contributed by atoms with van der Waals surface area (Å²) in [7, 11) is -3.27. The Kier molecular flexibility index (Phi) is 5.31. The second-order valence-electron chi connectivity index (χ2n) is 6.53. The number of aromatic nitrogens is 5. The molecule has 0 spiro atoms. The van der Waals surface area contributed by atoms with Gasteiger partial charge in [-0.1, -0.05) is 30.3 Å². The van der Waals surface area contributed by atoms with Gasteiger partial charge in [-0.25, -0.2) is 18.1 Å². The molecule has 0 radical (unpaired) electrons. The van der Waals surface area contributed by atoms with Gasteiger partial charge < -0.3 is 4.90 Å². The van der Waals surface area contributed by atoms with Crippen LogP contribution in [0, 0.1) is 0 Å². The predicted octanol–water partition coefficient (Wildman–Crippen LogP) is 0.752. The Morgan fingerprint density at radius 1 is 0.893 bits per heavy atom. The number of piperazine rings is 1. The fraction of sp³-hybridized carbons (Fsp3) is 0.333. The van der Waals surface area contributed by atoms with Crippen LogP contribution in [0.3, 0.4) is 0 Å². The van der Waals surface area contributed by atoms with E-state index in [9.17, 15) is 8.42 Å². The molecule has 1 fully saturated rings. The molecule has 28 heavy (non-hydrogen) atoms. The number of hydrogen-bond donors (Lipinski definition) is 0. The first kappa shape index (κ1) is 18.5. The SMILES string of the molecule is O=S(=O)(CCc1ccccc1)N1CCN(c2ccc(-n3cncn3)nn2)CC1. The number of rotatable bonds is 6. The largest absolute Gasteiger partial charge is 0.352 e. The third-order valence-corrected chi connectivity index (χ3v) is 6.61. The Bertz CT molecular complexity index is 984. The summed E-state index contributed by atoms with van der Waals surface area (Å²) in [5.74, 6) is 1.44. The summed E-state index contributed by atoms with van der Waals surface area (Å²) in [6.45, 7) is 2.07. The zero-order valence-corrected chi connectivity index (χ0v) is 16.1. The van der Waals surface area contributed by atoms with Crippen molar-refractivity contribution >= 4 is 15.8 Å². The van der Waals surface area contributed by atoms with Crippen molar-refractivity contribution in [3.05, 3.63) is 60.7 Å². The molecule has 1 aromatic carbocycles. The third kappa shape index (κ3) is 4.18. The molecule has 4 rings (SSSR count). The van der Waals surface area contributed by atoms with Gasteiger partial charge in [-0.15, -0.1) is 10.2 Å². The van der Waals surface area contributed by atoms with E-state index >= 15 is 0 Å². The zero-order chi connectivity index (χ0) is 19.4. The van der Waals surface area contributed by atoms with Crippen LogP contribution >= 0.6 is 0 Å². The summed E-state index contributed by atoms with van der Waals surface area (Å²) in [5, 5.41) is 12.4. The van der Waals surface area contributed by atoms with Crippen LogP contribution in [0.1, 0.15) is 5.56 Å². The lowest BCUT2D eigenvalue weighted by molar-refractivity contribution is 0.383. The standard InChI is InChI=1S/C18H21N7O2S/c26-28(27,13-8-16-4-2-1-3-5-16)24-11-9-23(10-12-24)17-6-7-18(22-21-17)25-15-19-14-20-25/h1-7,14-15H,8-13H2. The highest BCUT2D eigenvalue weighted by Crippen LogP contribution is 2.16. The number of sulfonamides is 1. The van der Waals surface area contributed by atoms with Crippen molar-refractivity contribution in [2.45, 2.75) is 6.42 Å². The van der Waals surface area contributed by atoms with Gasteiger partial charge in [0.25, 0.3) is 0 Å². The van der Waals surface area contributed by atoms with Crippen LogP contribution in [0.25, 0.3) is 5.82 Å². The molecule has 10 heteroatoms. The van der Waals surface area contributed by atoms with Crippen molar-refractivity contribution in [1.29, 1.82) is 0 Å². The average molecular weight is 399 g/mol. The van der Waals surface area contributed by atoms with Crippen molar-refractivity contribution in [2.24, 2.45) is 0 Å². The molecule has 2 aromatic heterocycles. The second-order valence-corrected chi connectivity index (χ2v) is 8.62. The Hall–Kier alpha value is -2.85. The molecule has 9 nitrogen and oxygen atoms in total. The minimum Gasteiger partial charge on any atom is -0.352 e. The van der Waals surface area contributed by atoms with E-state index in [-0.39, 0.29) is 5.75 Å². The van der Waals surface area contributed by atoms with Crippen molar-refractivity contribution in [3.63, 3.8) is 0 Å². The molecule has 1 saturated heterocycles. The van der Waals surface area contributed by atoms with Crippen LogP contribution in [0.2, 0.25) is 0 Å². The Morgan fingerprint density at radius 3 is 2.25 bits per heavy atom.